The molecule has 0 fully saturated rings. The van der Waals surface area contributed by atoms with Crippen LogP contribution in [0.15, 0.2) is 23.2 Å². The molecule has 2 heterocycles. The normalized spacial score (nSPS) is 16.1. The Morgan fingerprint density at radius 2 is 1.96 bits per heavy atom. The summed E-state index contributed by atoms with van der Waals surface area (Å²) < 4.78 is 13.3. The van der Waals surface area contributed by atoms with Gasteiger partial charge in [0.15, 0.2) is 17.5 Å². The van der Waals surface area contributed by atoms with Crippen LogP contribution < -0.4 is 20.5 Å². The first-order chi connectivity index (χ1) is 12.7. The summed E-state index contributed by atoms with van der Waals surface area (Å²) in [5, 5.41) is 7.76. The molecule has 0 saturated carbocycles. The summed E-state index contributed by atoms with van der Waals surface area (Å²) in [5.74, 6) is 1.89. The highest BCUT2D eigenvalue weighted by Crippen LogP contribution is 2.32. The minimum atomic E-state index is 0. The molecule has 0 saturated heterocycles. The van der Waals surface area contributed by atoms with Gasteiger partial charge in [0.05, 0.1) is 31.1 Å². The molecule has 27 heavy (non-hydrogen) atoms. The summed E-state index contributed by atoms with van der Waals surface area (Å²) in [4.78, 5) is 4.51. The molecule has 146 valence electrons. The van der Waals surface area contributed by atoms with E-state index >= 15 is 0 Å². The molecule has 0 radical (unpaired) electrons. The van der Waals surface area contributed by atoms with Crippen molar-refractivity contribution in [3.8, 4) is 11.5 Å². The summed E-state index contributed by atoms with van der Waals surface area (Å²) >= 11 is 0. The Labute approximate surface area is 176 Å². The molecule has 0 bridgehead atoms. The number of hydrogen-bond donors (Lipinski definition) is 2. The summed E-state index contributed by atoms with van der Waals surface area (Å²) in [6.07, 6.45) is 5.48. The standard InChI is InChI=1S/C19H25N5O2.HI/c1-24-16(14-5-2-3-6-15(14)23-24)12-21-19(20)22-13-7-8-17-18(11-13)26-10-4-9-25-17;/h7-8,11H,2-6,9-10,12H2,1H3,(H3,20,21,22);1H. The van der Waals surface area contributed by atoms with Gasteiger partial charge in [0.1, 0.15) is 0 Å². The maximum atomic E-state index is 6.09. The number of guanidine groups is 1. The van der Waals surface area contributed by atoms with Crippen molar-refractivity contribution in [1.82, 2.24) is 9.78 Å². The van der Waals surface area contributed by atoms with Crippen LogP contribution in [0.3, 0.4) is 0 Å². The van der Waals surface area contributed by atoms with Crippen LogP contribution in [0.2, 0.25) is 0 Å². The van der Waals surface area contributed by atoms with Crippen molar-refractivity contribution in [3.63, 3.8) is 0 Å². The Morgan fingerprint density at radius 1 is 1.19 bits per heavy atom. The summed E-state index contributed by atoms with van der Waals surface area (Å²) in [6.45, 7) is 1.87. The average Bonchev–Trinajstić information content (AvgIpc) is 2.79. The van der Waals surface area contributed by atoms with Crippen LogP contribution in [0, 0.1) is 0 Å². The number of fused-ring (bicyclic) bond motifs is 2. The number of rotatable bonds is 3. The van der Waals surface area contributed by atoms with E-state index in [1.807, 2.05) is 29.9 Å². The van der Waals surface area contributed by atoms with Gasteiger partial charge >= 0.3 is 0 Å². The molecule has 0 atom stereocenters. The molecule has 1 aromatic carbocycles. The monoisotopic (exact) mass is 483 g/mol. The number of aromatic nitrogens is 2. The number of hydrogen-bond acceptors (Lipinski definition) is 4. The van der Waals surface area contributed by atoms with Crippen molar-refractivity contribution in [3.05, 3.63) is 35.2 Å². The molecule has 0 amide bonds. The van der Waals surface area contributed by atoms with E-state index in [0.29, 0.717) is 25.7 Å². The number of nitrogens with zero attached hydrogens (tertiary/aromatic N) is 3. The maximum absolute atomic E-state index is 6.09. The highest BCUT2D eigenvalue weighted by molar-refractivity contribution is 14.0. The molecule has 7 nitrogen and oxygen atoms in total. The Bertz CT molecular complexity index is 834. The lowest BCUT2D eigenvalue weighted by atomic mass is 9.96. The second kappa shape index (κ2) is 8.81. The number of aliphatic imine (C=N–C) groups is 1. The van der Waals surface area contributed by atoms with Crippen molar-refractivity contribution in [2.24, 2.45) is 17.8 Å². The average molecular weight is 483 g/mol. The van der Waals surface area contributed by atoms with E-state index in [1.165, 1.54) is 24.1 Å². The quantitative estimate of drug-likeness (QED) is 0.398. The van der Waals surface area contributed by atoms with Crippen molar-refractivity contribution in [1.29, 1.82) is 0 Å². The van der Waals surface area contributed by atoms with Gasteiger partial charge in [-0.3, -0.25) is 4.68 Å². The van der Waals surface area contributed by atoms with E-state index in [1.54, 1.807) is 0 Å². The van der Waals surface area contributed by atoms with E-state index < -0.39 is 0 Å². The number of anilines is 1. The summed E-state index contributed by atoms with van der Waals surface area (Å²) in [5.41, 5.74) is 10.7. The van der Waals surface area contributed by atoms with Gasteiger partial charge in [-0.1, -0.05) is 0 Å². The van der Waals surface area contributed by atoms with Crippen molar-refractivity contribution in [2.75, 3.05) is 18.5 Å². The molecular weight excluding hydrogens is 457 g/mol. The predicted molar refractivity (Wildman–Crippen MR) is 116 cm³/mol. The molecule has 1 aliphatic heterocycles. The van der Waals surface area contributed by atoms with Crippen LogP contribution in [0.5, 0.6) is 11.5 Å². The Hall–Kier alpha value is -1.97. The van der Waals surface area contributed by atoms with Gasteiger partial charge in [-0.25, -0.2) is 4.99 Å². The Kier molecular flexibility index (Phi) is 6.46. The fourth-order valence-electron chi connectivity index (χ4n) is 3.53. The fourth-order valence-corrected chi connectivity index (χ4v) is 3.53. The molecular formula is C19H26IN5O2. The number of nitrogens with two attached hydrogens (primary N) is 1. The third-order valence-corrected chi connectivity index (χ3v) is 4.87. The van der Waals surface area contributed by atoms with E-state index in [4.69, 9.17) is 15.2 Å². The molecule has 2 aliphatic rings. The first-order valence-corrected chi connectivity index (χ1v) is 9.21. The zero-order valence-corrected chi connectivity index (χ0v) is 17.9. The van der Waals surface area contributed by atoms with Crippen LogP contribution >= 0.6 is 24.0 Å². The van der Waals surface area contributed by atoms with E-state index in [0.717, 1.165) is 42.1 Å². The highest BCUT2D eigenvalue weighted by Gasteiger charge is 2.18. The summed E-state index contributed by atoms with van der Waals surface area (Å²) in [7, 11) is 1.98. The molecule has 1 aromatic heterocycles. The smallest absolute Gasteiger partial charge is 0.193 e. The maximum Gasteiger partial charge on any atom is 0.193 e. The van der Waals surface area contributed by atoms with Crippen LogP contribution in [0.1, 0.15) is 36.2 Å². The van der Waals surface area contributed by atoms with E-state index in [9.17, 15) is 0 Å². The Morgan fingerprint density at radius 3 is 2.81 bits per heavy atom. The Balaban J connectivity index is 0.00000210. The molecule has 0 spiro atoms. The first kappa shape index (κ1) is 19.8. The minimum absolute atomic E-state index is 0. The largest absolute Gasteiger partial charge is 0.490 e. The van der Waals surface area contributed by atoms with Crippen LogP contribution in [0.4, 0.5) is 5.69 Å². The number of aryl methyl sites for hydroxylation is 2. The lowest BCUT2D eigenvalue weighted by Gasteiger charge is -2.12. The molecule has 3 N–H and O–H groups in total. The van der Waals surface area contributed by atoms with Crippen LogP contribution in [-0.2, 0) is 26.4 Å². The third-order valence-electron chi connectivity index (χ3n) is 4.87. The molecule has 0 unspecified atom stereocenters. The van der Waals surface area contributed by atoms with Gasteiger partial charge in [-0.15, -0.1) is 24.0 Å². The van der Waals surface area contributed by atoms with E-state index in [-0.39, 0.29) is 24.0 Å². The molecule has 4 rings (SSSR count). The van der Waals surface area contributed by atoms with Crippen molar-refractivity contribution >= 4 is 35.6 Å². The first-order valence-electron chi connectivity index (χ1n) is 9.21. The zero-order chi connectivity index (χ0) is 17.9. The molecule has 8 heteroatoms. The topological polar surface area (TPSA) is 86.7 Å². The lowest BCUT2D eigenvalue weighted by Crippen LogP contribution is -2.23. The number of nitrogens with one attached hydrogen (secondary N) is 1. The van der Waals surface area contributed by atoms with Gasteiger partial charge in [-0.05, 0) is 43.4 Å². The van der Waals surface area contributed by atoms with Crippen molar-refractivity contribution in [2.45, 2.75) is 38.6 Å². The predicted octanol–water partition coefficient (Wildman–Crippen LogP) is 3.01. The van der Waals surface area contributed by atoms with Gasteiger partial charge in [-0.2, -0.15) is 5.10 Å². The third kappa shape index (κ3) is 4.48. The van der Waals surface area contributed by atoms with Crippen LogP contribution in [0.25, 0.3) is 0 Å². The van der Waals surface area contributed by atoms with Gasteiger partial charge in [0, 0.05) is 25.2 Å². The number of ether oxygens (including phenoxy) is 2. The van der Waals surface area contributed by atoms with Gasteiger partial charge < -0.3 is 20.5 Å². The minimum Gasteiger partial charge on any atom is -0.490 e. The van der Waals surface area contributed by atoms with Crippen molar-refractivity contribution < 1.29 is 9.47 Å². The zero-order valence-electron chi connectivity index (χ0n) is 15.5. The molecule has 2 aromatic rings. The molecule has 1 aliphatic carbocycles. The van der Waals surface area contributed by atoms with E-state index in [2.05, 4.69) is 15.4 Å². The number of benzene rings is 1. The lowest BCUT2D eigenvalue weighted by molar-refractivity contribution is 0.297. The van der Waals surface area contributed by atoms with Gasteiger partial charge in [0.25, 0.3) is 0 Å². The fraction of sp³-hybridized carbons (Fsp3) is 0.474. The van der Waals surface area contributed by atoms with Gasteiger partial charge in [0.2, 0.25) is 0 Å². The number of halogens is 1. The summed E-state index contributed by atoms with van der Waals surface area (Å²) in [6, 6.07) is 5.71. The van der Waals surface area contributed by atoms with Crippen LogP contribution in [-0.4, -0.2) is 29.0 Å². The second-order valence-corrected chi connectivity index (χ2v) is 6.74. The SMILES string of the molecule is Cn1nc2c(c1CN=C(N)Nc1ccc3c(c1)OCCCO3)CCCC2.I. The second-order valence-electron chi connectivity index (χ2n) is 6.74. The highest BCUT2D eigenvalue weighted by atomic mass is 127.